The smallest absolute Gasteiger partial charge is 0.281 e. The Hall–Kier alpha value is -2.00. The van der Waals surface area contributed by atoms with Crippen LogP contribution in [0.1, 0.15) is 11.3 Å². The lowest BCUT2D eigenvalue weighted by atomic mass is 10.3. The first-order valence-corrected chi connectivity index (χ1v) is 7.50. The molecule has 0 aliphatic carbocycles. The van der Waals surface area contributed by atoms with Gasteiger partial charge in [0.25, 0.3) is 10.0 Å². The largest absolute Gasteiger partial charge is 0.316 e. The Morgan fingerprint density at radius 2 is 2.05 bits per heavy atom. The van der Waals surface area contributed by atoms with E-state index in [-0.39, 0.29) is 11.6 Å². The molecule has 0 aliphatic rings. The Morgan fingerprint density at radius 3 is 2.71 bits per heavy atom. The van der Waals surface area contributed by atoms with Crippen molar-refractivity contribution in [2.45, 2.75) is 18.5 Å². The number of H-pyrrole nitrogens is 1. The number of rotatable bonds is 5. The van der Waals surface area contributed by atoms with Gasteiger partial charge in [-0.05, 0) is 26.1 Å². The Kier molecular flexibility index (Phi) is 4.24. The van der Waals surface area contributed by atoms with Crippen LogP contribution < -0.4 is 10.0 Å². The van der Waals surface area contributed by atoms with Gasteiger partial charge in [-0.1, -0.05) is 6.07 Å². The molecule has 114 valence electrons. The summed E-state index contributed by atoms with van der Waals surface area (Å²) in [7, 11) is -2.47. The molecule has 0 radical (unpaired) electrons. The summed E-state index contributed by atoms with van der Waals surface area (Å²) in [4.78, 5) is 0. The number of sulfonamides is 1. The van der Waals surface area contributed by atoms with E-state index in [1.807, 2.05) is 4.72 Å². The molecule has 0 unspecified atom stereocenters. The molecule has 6 nitrogen and oxygen atoms in total. The van der Waals surface area contributed by atoms with Gasteiger partial charge < -0.3 is 5.32 Å². The predicted octanol–water partition coefficient (Wildman–Crippen LogP) is 1.52. The third-order valence-corrected chi connectivity index (χ3v) is 4.18. The van der Waals surface area contributed by atoms with Gasteiger partial charge in [0.1, 0.15) is 0 Å². The van der Waals surface area contributed by atoms with Crippen molar-refractivity contribution in [3.05, 3.63) is 41.1 Å². The van der Waals surface area contributed by atoms with Crippen LogP contribution in [0.2, 0.25) is 0 Å². The highest BCUT2D eigenvalue weighted by atomic mass is 32.2. The topological polar surface area (TPSA) is 86.9 Å². The predicted molar refractivity (Wildman–Crippen MR) is 73.3 cm³/mol. The molecule has 0 spiro atoms. The lowest BCUT2D eigenvalue weighted by Gasteiger charge is -2.09. The monoisotopic (exact) mass is 316 g/mol. The fraction of sp³-hybridized carbons (Fsp3) is 0.250. The van der Waals surface area contributed by atoms with Crippen LogP contribution in [0.25, 0.3) is 0 Å². The Bertz CT molecular complexity index is 759. The van der Waals surface area contributed by atoms with Gasteiger partial charge in [0.05, 0.1) is 5.69 Å². The summed E-state index contributed by atoms with van der Waals surface area (Å²) in [6.45, 7) is 1.94. The van der Waals surface area contributed by atoms with Crippen molar-refractivity contribution >= 4 is 15.7 Å². The molecule has 0 aliphatic heterocycles. The van der Waals surface area contributed by atoms with Crippen LogP contribution in [0, 0.1) is 18.6 Å². The summed E-state index contributed by atoms with van der Waals surface area (Å²) in [5, 5.41) is 8.86. The third kappa shape index (κ3) is 3.03. The van der Waals surface area contributed by atoms with E-state index in [1.165, 1.54) is 6.07 Å². The summed E-state index contributed by atoms with van der Waals surface area (Å²) in [5.41, 5.74) is 0.539. The first-order chi connectivity index (χ1) is 9.86. The van der Waals surface area contributed by atoms with Gasteiger partial charge in [0.2, 0.25) is 5.03 Å². The van der Waals surface area contributed by atoms with Crippen molar-refractivity contribution in [2.75, 3.05) is 11.8 Å². The van der Waals surface area contributed by atoms with E-state index in [1.54, 1.807) is 14.0 Å². The molecule has 0 amide bonds. The molecule has 1 aromatic carbocycles. The minimum atomic E-state index is -4.12. The minimum Gasteiger partial charge on any atom is -0.316 e. The van der Waals surface area contributed by atoms with Crippen molar-refractivity contribution in [2.24, 2.45) is 0 Å². The van der Waals surface area contributed by atoms with Crippen LogP contribution in [-0.4, -0.2) is 25.7 Å². The summed E-state index contributed by atoms with van der Waals surface area (Å²) in [6.07, 6.45) is 0. The van der Waals surface area contributed by atoms with Gasteiger partial charge >= 0.3 is 0 Å². The second-order valence-corrected chi connectivity index (χ2v) is 5.97. The average Bonchev–Trinajstić information content (AvgIpc) is 2.78. The second kappa shape index (κ2) is 5.78. The number of nitrogens with one attached hydrogen (secondary N) is 3. The molecule has 2 aromatic rings. The molecule has 21 heavy (non-hydrogen) atoms. The molecule has 0 atom stereocenters. The van der Waals surface area contributed by atoms with Crippen molar-refractivity contribution in [1.82, 2.24) is 15.5 Å². The zero-order valence-corrected chi connectivity index (χ0v) is 12.2. The fourth-order valence-corrected chi connectivity index (χ4v) is 3.07. The Balaban J connectivity index is 2.41. The van der Waals surface area contributed by atoms with E-state index in [0.29, 0.717) is 11.3 Å². The van der Waals surface area contributed by atoms with E-state index in [9.17, 15) is 17.2 Å². The van der Waals surface area contributed by atoms with E-state index < -0.39 is 27.3 Å². The van der Waals surface area contributed by atoms with Crippen molar-refractivity contribution < 1.29 is 17.2 Å². The molecule has 0 bridgehead atoms. The second-order valence-electron chi connectivity index (χ2n) is 4.37. The molecule has 9 heteroatoms. The molecule has 3 N–H and O–H groups in total. The van der Waals surface area contributed by atoms with Crippen LogP contribution in [0.4, 0.5) is 14.5 Å². The number of benzene rings is 1. The fourth-order valence-electron chi connectivity index (χ4n) is 1.81. The molecule has 1 aromatic heterocycles. The van der Waals surface area contributed by atoms with Crippen molar-refractivity contribution in [1.29, 1.82) is 0 Å². The first-order valence-electron chi connectivity index (χ1n) is 6.02. The summed E-state index contributed by atoms with van der Waals surface area (Å²) >= 11 is 0. The van der Waals surface area contributed by atoms with E-state index in [0.717, 1.165) is 12.1 Å². The lowest BCUT2D eigenvalue weighted by Crippen LogP contribution is -2.18. The quantitative estimate of drug-likeness (QED) is 0.780. The number of aromatic nitrogens is 2. The maximum atomic E-state index is 13.6. The van der Waals surface area contributed by atoms with Gasteiger partial charge in [-0.2, -0.15) is 13.5 Å². The van der Waals surface area contributed by atoms with Crippen LogP contribution in [0.3, 0.4) is 0 Å². The zero-order chi connectivity index (χ0) is 15.6. The standard InChI is InChI=1S/C12H14F2N4O2S/c1-7-8(6-15-2)12(17-16-7)21(19,20)18-10-5-3-4-9(13)11(10)14/h3-5,15,18H,6H2,1-2H3,(H,16,17). The van der Waals surface area contributed by atoms with Gasteiger partial charge in [-0.25, -0.2) is 8.78 Å². The molecule has 1 heterocycles. The summed E-state index contributed by atoms with van der Waals surface area (Å²) in [6, 6.07) is 3.24. The van der Waals surface area contributed by atoms with Crippen molar-refractivity contribution in [3.63, 3.8) is 0 Å². The molecule has 0 saturated heterocycles. The maximum absolute atomic E-state index is 13.6. The summed E-state index contributed by atoms with van der Waals surface area (Å²) < 4.78 is 53.2. The number of hydrogen-bond acceptors (Lipinski definition) is 4. The number of anilines is 1. The van der Waals surface area contributed by atoms with Crippen LogP contribution in [0.5, 0.6) is 0 Å². The van der Waals surface area contributed by atoms with Crippen LogP contribution >= 0.6 is 0 Å². The first kappa shape index (κ1) is 15.4. The SMILES string of the molecule is CNCc1c(S(=O)(=O)Nc2cccc(F)c2F)n[nH]c1C. The maximum Gasteiger partial charge on any atom is 0.281 e. The Morgan fingerprint density at radius 1 is 1.33 bits per heavy atom. The molecule has 2 rings (SSSR count). The van der Waals surface area contributed by atoms with E-state index in [4.69, 9.17) is 0 Å². The van der Waals surface area contributed by atoms with E-state index >= 15 is 0 Å². The minimum absolute atomic E-state index is 0.252. The van der Waals surface area contributed by atoms with Gasteiger partial charge in [0.15, 0.2) is 11.6 Å². The number of aromatic amines is 1. The highest BCUT2D eigenvalue weighted by Crippen LogP contribution is 2.22. The Labute approximate surface area is 120 Å². The van der Waals surface area contributed by atoms with Crippen molar-refractivity contribution in [3.8, 4) is 0 Å². The number of nitrogens with zero attached hydrogens (tertiary/aromatic N) is 1. The average molecular weight is 316 g/mol. The van der Waals surface area contributed by atoms with E-state index in [2.05, 4.69) is 15.5 Å². The number of halogens is 2. The highest BCUT2D eigenvalue weighted by Gasteiger charge is 2.25. The van der Waals surface area contributed by atoms with Crippen LogP contribution in [-0.2, 0) is 16.6 Å². The highest BCUT2D eigenvalue weighted by molar-refractivity contribution is 7.92. The van der Waals surface area contributed by atoms with Gasteiger partial charge in [-0.15, -0.1) is 0 Å². The molecule has 0 fully saturated rings. The van der Waals surface area contributed by atoms with Gasteiger partial charge in [-0.3, -0.25) is 9.82 Å². The lowest BCUT2D eigenvalue weighted by molar-refractivity contribution is 0.511. The molecular weight excluding hydrogens is 302 g/mol. The van der Waals surface area contributed by atoms with Gasteiger partial charge in [0, 0.05) is 17.8 Å². The molecule has 0 saturated carbocycles. The summed E-state index contributed by atoms with van der Waals surface area (Å²) in [5.74, 6) is -2.40. The third-order valence-electron chi connectivity index (χ3n) is 2.84. The number of aryl methyl sites for hydroxylation is 1. The van der Waals surface area contributed by atoms with Crippen LogP contribution in [0.15, 0.2) is 23.2 Å². The zero-order valence-electron chi connectivity index (χ0n) is 11.4. The number of hydrogen-bond donors (Lipinski definition) is 3. The molecular formula is C12H14F2N4O2S. The normalized spacial score (nSPS) is 11.6.